The van der Waals surface area contributed by atoms with Gasteiger partial charge in [0.25, 0.3) is 0 Å². The highest BCUT2D eigenvalue weighted by atomic mass is 32.1. The van der Waals surface area contributed by atoms with Crippen molar-refractivity contribution in [1.29, 1.82) is 0 Å². The molecule has 3 rings (SSSR count). The predicted molar refractivity (Wildman–Crippen MR) is 56.8 cm³/mol. The van der Waals surface area contributed by atoms with Crippen LogP contribution in [0.25, 0.3) is 0 Å². The number of rotatable bonds is 2. The van der Waals surface area contributed by atoms with Gasteiger partial charge in [-0.05, 0) is 36.9 Å². The quantitative estimate of drug-likeness (QED) is 0.760. The molecule has 1 heterocycles. The molecule has 1 aromatic heterocycles. The van der Waals surface area contributed by atoms with Crippen LogP contribution in [-0.2, 0) is 0 Å². The Morgan fingerprint density at radius 3 is 2.64 bits per heavy atom. The lowest BCUT2D eigenvalue weighted by molar-refractivity contribution is 0.523. The van der Waals surface area contributed by atoms with Crippen molar-refractivity contribution >= 4 is 12.2 Å². The van der Waals surface area contributed by atoms with Crippen LogP contribution in [0.2, 0.25) is 0 Å². The highest BCUT2D eigenvalue weighted by molar-refractivity contribution is 7.71. The van der Waals surface area contributed by atoms with Crippen molar-refractivity contribution in [3.05, 3.63) is 10.6 Å². The minimum atomic E-state index is 0.422. The van der Waals surface area contributed by atoms with Gasteiger partial charge in [0.15, 0.2) is 4.77 Å². The maximum atomic E-state index is 5.28. The second kappa shape index (κ2) is 2.48. The minimum Gasteiger partial charge on any atom is -0.300 e. The molecule has 1 N–H and O–H groups in total. The second-order valence-corrected chi connectivity index (χ2v) is 5.63. The molecule has 0 aromatic carbocycles. The van der Waals surface area contributed by atoms with Gasteiger partial charge < -0.3 is 4.57 Å². The molecular weight excluding hydrogens is 194 g/mol. The van der Waals surface area contributed by atoms with Gasteiger partial charge in [0.2, 0.25) is 0 Å². The lowest BCUT2D eigenvalue weighted by Crippen LogP contribution is -2.04. The van der Waals surface area contributed by atoms with Crippen molar-refractivity contribution in [2.75, 3.05) is 0 Å². The van der Waals surface area contributed by atoms with Crippen LogP contribution in [0.3, 0.4) is 0 Å². The molecule has 0 amide bonds. The lowest BCUT2D eigenvalue weighted by atomic mass is 10.2. The largest absolute Gasteiger partial charge is 0.300 e. The Balaban J connectivity index is 2.03. The molecule has 2 saturated carbocycles. The van der Waals surface area contributed by atoms with E-state index in [-0.39, 0.29) is 0 Å². The van der Waals surface area contributed by atoms with E-state index in [0.29, 0.717) is 17.4 Å². The maximum Gasteiger partial charge on any atom is 0.195 e. The van der Waals surface area contributed by atoms with Crippen LogP contribution in [0.4, 0.5) is 0 Å². The molecule has 0 spiro atoms. The Labute approximate surface area is 88.5 Å². The summed E-state index contributed by atoms with van der Waals surface area (Å²) in [6.07, 6.45) is 3.81. The van der Waals surface area contributed by atoms with Gasteiger partial charge in [0, 0.05) is 12.0 Å². The van der Waals surface area contributed by atoms with Gasteiger partial charge in [-0.3, -0.25) is 5.10 Å². The number of H-pyrrole nitrogens is 1. The molecule has 1 aromatic rings. The average molecular weight is 209 g/mol. The number of hydrogen-bond donors (Lipinski definition) is 1. The summed E-state index contributed by atoms with van der Waals surface area (Å²) in [5.41, 5.74) is 0.422. The number of hydrogen-bond acceptors (Lipinski definition) is 2. The van der Waals surface area contributed by atoms with Crippen molar-refractivity contribution in [1.82, 2.24) is 14.8 Å². The van der Waals surface area contributed by atoms with E-state index in [1.165, 1.54) is 25.1 Å². The van der Waals surface area contributed by atoms with E-state index in [1.807, 2.05) is 0 Å². The maximum absolute atomic E-state index is 5.28. The van der Waals surface area contributed by atoms with Gasteiger partial charge in [-0.15, -0.1) is 0 Å². The Morgan fingerprint density at radius 2 is 2.14 bits per heavy atom. The first-order valence-corrected chi connectivity index (χ1v) is 5.67. The number of nitrogens with zero attached hydrogens (tertiary/aromatic N) is 2. The fraction of sp³-hybridized carbons (Fsp3) is 0.800. The highest BCUT2D eigenvalue weighted by Gasteiger charge is 2.49. The Kier molecular flexibility index (Phi) is 1.53. The fourth-order valence-corrected chi connectivity index (χ4v) is 2.39. The van der Waals surface area contributed by atoms with Crippen LogP contribution in [0.15, 0.2) is 0 Å². The van der Waals surface area contributed by atoms with Crippen molar-refractivity contribution < 1.29 is 0 Å². The highest BCUT2D eigenvalue weighted by Crippen LogP contribution is 2.57. The molecule has 1 unspecified atom stereocenters. The average Bonchev–Trinajstić information content (AvgIpc) is 2.98. The predicted octanol–water partition coefficient (Wildman–Crippen LogP) is 2.79. The third-order valence-electron chi connectivity index (χ3n) is 3.45. The first-order chi connectivity index (χ1) is 6.59. The molecule has 76 valence electrons. The van der Waals surface area contributed by atoms with Crippen LogP contribution in [-0.4, -0.2) is 14.8 Å². The molecule has 2 fully saturated rings. The Hall–Kier alpha value is -0.640. The summed E-state index contributed by atoms with van der Waals surface area (Å²) in [5.74, 6) is 1.88. The molecule has 2 aliphatic rings. The van der Waals surface area contributed by atoms with Gasteiger partial charge in [0.1, 0.15) is 5.82 Å². The van der Waals surface area contributed by atoms with Crippen LogP contribution in [0.1, 0.15) is 50.9 Å². The smallest absolute Gasteiger partial charge is 0.195 e. The third kappa shape index (κ3) is 1.16. The molecule has 1 atom stereocenters. The summed E-state index contributed by atoms with van der Waals surface area (Å²) in [4.78, 5) is 0. The van der Waals surface area contributed by atoms with Gasteiger partial charge >= 0.3 is 0 Å². The molecule has 0 radical (unpaired) electrons. The van der Waals surface area contributed by atoms with Gasteiger partial charge in [-0.1, -0.05) is 13.8 Å². The van der Waals surface area contributed by atoms with E-state index in [1.54, 1.807) is 0 Å². The van der Waals surface area contributed by atoms with Gasteiger partial charge in [0.05, 0.1) is 0 Å². The van der Waals surface area contributed by atoms with E-state index >= 15 is 0 Å². The van der Waals surface area contributed by atoms with Crippen molar-refractivity contribution in [3.63, 3.8) is 0 Å². The monoisotopic (exact) mass is 209 g/mol. The summed E-state index contributed by atoms with van der Waals surface area (Å²) in [6.45, 7) is 4.59. The molecule has 2 aliphatic carbocycles. The third-order valence-corrected chi connectivity index (χ3v) is 3.74. The Morgan fingerprint density at radius 1 is 1.50 bits per heavy atom. The van der Waals surface area contributed by atoms with Crippen molar-refractivity contribution in [2.45, 2.75) is 45.1 Å². The lowest BCUT2D eigenvalue weighted by Gasteiger charge is -2.07. The molecule has 4 heteroatoms. The van der Waals surface area contributed by atoms with Crippen LogP contribution in [0, 0.1) is 10.2 Å². The van der Waals surface area contributed by atoms with Crippen molar-refractivity contribution in [2.24, 2.45) is 5.41 Å². The molecule has 0 aliphatic heterocycles. The zero-order chi connectivity index (χ0) is 9.92. The zero-order valence-corrected chi connectivity index (χ0v) is 9.40. The van der Waals surface area contributed by atoms with Gasteiger partial charge in [-0.2, -0.15) is 5.10 Å². The topological polar surface area (TPSA) is 33.6 Å². The number of aromatic nitrogens is 3. The molecule has 0 saturated heterocycles. The summed E-state index contributed by atoms with van der Waals surface area (Å²) >= 11 is 5.28. The zero-order valence-electron chi connectivity index (χ0n) is 8.58. The summed E-state index contributed by atoms with van der Waals surface area (Å²) < 4.78 is 3.06. The fourth-order valence-electron chi connectivity index (χ4n) is 2.13. The number of nitrogens with one attached hydrogen (secondary N) is 1. The molecule has 14 heavy (non-hydrogen) atoms. The first kappa shape index (κ1) is 8.65. The van der Waals surface area contributed by atoms with Crippen LogP contribution < -0.4 is 0 Å². The molecule has 0 bridgehead atoms. The van der Waals surface area contributed by atoms with E-state index in [2.05, 4.69) is 28.6 Å². The normalized spacial score (nSPS) is 29.1. The van der Waals surface area contributed by atoms with Crippen molar-refractivity contribution in [3.8, 4) is 0 Å². The van der Waals surface area contributed by atoms with E-state index < -0.39 is 0 Å². The van der Waals surface area contributed by atoms with E-state index in [0.717, 1.165) is 4.77 Å². The minimum absolute atomic E-state index is 0.422. The summed E-state index contributed by atoms with van der Waals surface area (Å²) in [7, 11) is 0. The Bertz CT molecular complexity index is 425. The van der Waals surface area contributed by atoms with E-state index in [9.17, 15) is 0 Å². The van der Waals surface area contributed by atoms with Crippen LogP contribution in [0.5, 0.6) is 0 Å². The standard InChI is InChI=1S/C10H15N3S/c1-10(2)5-7(10)13-8(6-3-4-6)11-12-9(13)14/h6-7H,3-5H2,1-2H3,(H,12,14). The SMILES string of the molecule is CC1(C)CC1n1c(C2CC2)n[nH]c1=S. The van der Waals surface area contributed by atoms with E-state index in [4.69, 9.17) is 12.2 Å². The van der Waals surface area contributed by atoms with Gasteiger partial charge in [-0.25, -0.2) is 0 Å². The molecule has 3 nitrogen and oxygen atoms in total. The first-order valence-electron chi connectivity index (χ1n) is 5.26. The second-order valence-electron chi connectivity index (χ2n) is 5.24. The summed E-state index contributed by atoms with van der Waals surface area (Å²) in [6, 6.07) is 0.587. The molecular formula is C10H15N3S. The number of aromatic amines is 1. The van der Waals surface area contributed by atoms with Crippen LogP contribution >= 0.6 is 12.2 Å². The summed E-state index contributed by atoms with van der Waals surface area (Å²) in [5, 5.41) is 7.28.